The summed E-state index contributed by atoms with van der Waals surface area (Å²) in [5.41, 5.74) is 2.27. The molecule has 0 saturated heterocycles. The van der Waals surface area contributed by atoms with Gasteiger partial charge in [-0.25, -0.2) is 0 Å². The number of nitrogens with zero attached hydrogens (tertiary/aromatic N) is 2. The van der Waals surface area contributed by atoms with E-state index in [1.807, 2.05) is 52.5 Å². The summed E-state index contributed by atoms with van der Waals surface area (Å²) < 4.78 is 0. The Hall–Kier alpha value is -1.64. The summed E-state index contributed by atoms with van der Waals surface area (Å²) in [4.78, 5) is 4.22. The maximum atomic E-state index is 6.55. The molecule has 0 aliphatic rings. The van der Waals surface area contributed by atoms with E-state index in [-0.39, 0.29) is 0 Å². The van der Waals surface area contributed by atoms with Crippen molar-refractivity contribution in [3.8, 4) is 0 Å². The van der Waals surface area contributed by atoms with Crippen LogP contribution in [-0.2, 0) is 0 Å². The predicted octanol–water partition coefficient (Wildman–Crippen LogP) is 5.43. The standard InChI is InChI=1S/C18H18Cl2N2/c1-21(2)13-9-5-7-11-15(13)16-12(18(20)17(11)19)8-6-10-14(16)22(3)4/h5-10H,1-4H3. The molecule has 0 aromatic heterocycles. The molecule has 0 unspecified atom stereocenters. The van der Waals surface area contributed by atoms with Gasteiger partial charge in [0.1, 0.15) is 0 Å². The van der Waals surface area contributed by atoms with Crippen LogP contribution in [0.15, 0.2) is 36.4 Å². The van der Waals surface area contributed by atoms with Crippen LogP contribution < -0.4 is 9.80 Å². The quantitative estimate of drug-likeness (QED) is 0.577. The van der Waals surface area contributed by atoms with Crippen LogP contribution in [0.4, 0.5) is 11.4 Å². The number of benzene rings is 3. The van der Waals surface area contributed by atoms with Gasteiger partial charge in [0.2, 0.25) is 0 Å². The molecule has 22 heavy (non-hydrogen) atoms. The number of hydrogen-bond donors (Lipinski definition) is 0. The molecule has 3 rings (SSSR count). The molecule has 3 aromatic carbocycles. The van der Waals surface area contributed by atoms with E-state index in [0.29, 0.717) is 10.0 Å². The molecular formula is C18H18Cl2N2. The smallest absolute Gasteiger partial charge is 0.0678 e. The first kappa shape index (κ1) is 15.3. The normalized spacial score (nSPS) is 11.2. The number of rotatable bonds is 2. The first-order chi connectivity index (χ1) is 10.4. The molecule has 0 N–H and O–H groups in total. The third-order valence-corrected chi connectivity index (χ3v) is 4.85. The maximum Gasteiger partial charge on any atom is 0.0678 e. The van der Waals surface area contributed by atoms with Crippen molar-refractivity contribution < 1.29 is 0 Å². The fourth-order valence-corrected chi connectivity index (χ4v) is 3.47. The van der Waals surface area contributed by atoms with Crippen LogP contribution in [0, 0.1) is 0 Å². The number of hydrogen-bond acceptors (Lipinski definition) is 2. The molecule has 0 fully saturated rings. The molecule has 0 saturated carbocycles. The molecule has 0 spiro atoms. The molecule has 0 atom stereocenters. The van der Waals surface area contributed by atoms with Gasteiger partial charge in [0, 0.05) is 61.1 Å². The maximum absolute atomic E-state index is 6.55. The van der Waals surface area contributed by atoms with Gasteiger partial charge in [-0.05, 0) is 12.1 Å². The summed E-state index contributed by atoms with van der Waals surface area (Å²) in [5, 5.41) is 5.48. The number of anilines is 2. The van der Waals surface area contributed by atoms with Crippen LogP contribution in [0.1, 0.15) is 0 Å². The minimum Gasteiger partial charge on any atom is -0.377 e. The van der Waals surface area contributed by atoms with Crippen LogP contribution in [0.2, 0.25) is 10.0 Å². The van der Waals surface area contributed by atoms with Crippen molar-refractivity contribution >= 4 is 56.1 Å². The van der Waals surface area contributed by atoms with Gasteiger partial charge >= 0.3 is 0 Å². The zero-order valence-electron chi connectivity index (χ0n) is 13.1. The molecule has 0 bridgehead atoms. The lowest BCUT2D eigenvalue weighted by Crippen LogP contribution is -2.11. The van der Waals surface area contributed by atoms with Crippen LogP contribution >= 0.6 is 23.2 Å². The van der Waals surface area contributed by atoms with Crippen molar-refractivity contribution in [3.63, 3.8) is 0 Å². The van der Waals surface area contributed by atoms with Crippen molar-refractivity contribution in [2.24, 2.45) is 0 Å². The minimum absolute atomic E-state index is 0.615. The van der Waals surface area contributed by atoms with Crippen molar-refractivity contribution in [1.29, 1.82) is 0 Å². The van der Waals surface area contributed by atoms with Gasteiger partial charge in [0.15, 0.2) is 0 Å². The van der Waals surface area contributed by atoms with Crippen molar-refractivity contribution in [2.75, 3.05) is 38.0 Å². The highest BCUT2D eigenvalue weighted by molar-refractivity contribution is 6.50. The molecule has 114 valence electrons. The average molecular weight is 333 g/mol. The lowest BCUT2D eigenvalue weighted by molar-refractivity contribution is 1.14. The Labute approximate surface area is 140 Å². The van der Waals surface area contributed by atoms with Crippen LogP contribution in [0.25, 0.3) is 21.5 Å². The Bertz CT molecular complexity index is 797. The number of halogens is 2. The van der Waals surface area contributed by atoms with Gasteiger partial charge < -0.3 is 9.80 Å². The second-order valence-corrected chi connectivity index (χ2v) is 6.57. The largest absolute Gasteiger partial charge is 0.377 e. The molecule has 4 heteroatoms. The van der Waals surface area contributed by atoms with Crippen molar-refractivity contribution in [1.82, 2.24) is 0 Å². The van der Waals surface area contributed by atoms with Crippen LogP contribution in [-0.4, -0.2) is 28.2 Å². The van der Waals surface area contributed by atoms with E-state index in [0.717, 1.165) is 32.9 Å². The van der Waals surface area contributed by atoms with Gasteiger partial charge in [0.25, 0.3) is 0 Å². The highest BCUT2D eigenvalue weighted by Crippen LogP contribution is 2.45. The lowest BCUT2D eigenvalue weighted by atomic mass is 9.98. The Balaban J connectivity index is 2.67. The Morgan fingerprint density at radius 3 is 1.32 bits per heavy atom. The molecule has 0 amide bonds. The molecule has 0 heterocycles. The van der Waals surface area contributed by atoms with E-state index in [9.17, 15) is 0 Å². The minimum atomic E-state index is 0.615. The zero-order chi connectivity index (χ0) is 16.0. The van der Waals surface area contributed by atoms with Crippen LogP contribution in [0.5, 0.6) is 0 Å². The Morgan fingerprint density at radius 1 is 0.636 bits per heavy atom. The lowest BCUT2D eigenvalue weighted by Gasteiger charge is -2.22. The predicted molar refractivity (Wildman–Crippen MR) is 100 cm³/mol. The highest BCUT2D eigenvalue weighted by atomic mass is 35.5. The molecule has 2 nitrogen and oxygen atoms in total. The first-order valence-electron chi connectivity index (χ1n) is 7.10. The van der Waals surface area contributed by atoms with E-state index in [1.54, 1.807) is 0 Å². The topological polar surface area (TPSA) is 6.48 Å². The molecule has 0 aliphatic carbocycles. The van der Waals surface area contributed by atoms with E-state index in [1.165, 1.54) is 0 Å². The summed E-state index contributed by atoms with van der Waals surface area (Å²) in [6, 6.07) is 12.3. The second-order valence-electron chi connectivity index (χ2n) is 5.82. The van der Waals surface area contributed by atoms with Gasteiger partial charge in [-0.15, -0.1) is 0 Å². The fraction of sp³-hybridized carbons (Fsp3) is 0.222. The molecule has 0 radical (unpaired) electrons. The first-order valence-corrected chi connectivity index (χ1v) is 7.86. The van der Waals surface area contributed by atoms with E-state index < -0.39 is 0 Å². The Morgan fingerprint density at radius 2 is 1.00 bits per heavy atom. The average Bonchev–Trinajstić information content (AvgIpc) is 2.50. The SMILES string of the molecule is CN(C)c1cccc2c(Cl)c(Cl)c3cccc(N(C)C)c3c12. The molecule has 0 aliphatic heterocycles. The summed E-state index contributed by atoms with van der Waals surface area (Å²) in [5.74, 6) is 0. The molecule has 3 aromatic rings. The van der Waals surface area contributed by atoms with Crippen LogP contribution in [0.3, 0.4) is 0 Å². The second kappa shape index (κ2) is 5.53. The number of fused-ring (bicyclic) bond motifs is 3. The Kier molecular flexibility index (Phi) is 3.84. The van der Waals surface area contributed by atoms with E-state index in [2.05, 4.69) is 21.9 Å². The third kappa shape index (κ3) is 2.18. The van der Waals surface area contributed by atoms with Crippen molar-refractivity contribution in [2.45, 2.75) is 0 Å². The van der Waals surface area contributed by atoms with Gasteiger partial charge in [-0.1, -0.05) is 47.5 Å². The van der Waals surface area contributed by atoms with Gasteiger partial charge in [0.05, 0.1) is 10.0 Å². The summed E-state index contributed by atoms with van der Waals surface area (Å²) in [6.45, 7) is 0. The fourth-order valence-electron chi connectivity index (χ4n) is 2.95. The summed E-state index contributed by atoms with van der Waals surface area (Å²) in [6.07, 6.45) is 0. The van der Waals surface area contributed by atoms with E-state index in [4.69, 9.17) is 23.2 Å². The van der Waals surface area contributed by atoms with E-state index >= 15 is 0 Å². The zero-order valence-corrected chi connectivity index (χ0v) is 14.6. The summed E-state index contributed by atoms with van der Waals surface area (Å²) >= 11 is 13.1. The summed E-state index contributed by atoms with van der Waals surface area (Å²) in [7, 11) is 8.17. The van der Waals surface area contributed by atoms with Gasteiger partial charge in [-0.3, -0.25) is 0 Å². The third-order valence-electron chi connectivity index (χ3n) is 3.96. The monoisotopic (exact) mass is 332 g/mol. The highest BCUT2D eigenvalue weighted by Gasteiger charge is 2.17. The van der Waals surface area contributed by atoms with Crippen molar-refractivity contribution in [3.05, 3.63) is 46.4 Å². The molecular weight excluding hydrogens is 315 g/mol. The van der Waals surface area contributed by atoms with Gasteiger partial charge in [-0.2, -0.15) is 0 Å².